The lowest BCUT2D eigenvalue weighted by Crippen LogP contribution is -2.21. The Balaban J connectivity index is 1.48. The maximum Gasteiger partial charge on any atom is 0.416 e. The van der Waals surface area contributed by atoms with Gasteiger partial charge < -0.3 is 10.1 Å². The van der Waals surface area contributed by atoms with Crippen LogP contribution in [-0.4, -0.2) is 33.4 Å². The van der Waals surface area contributed by atoms with Crippen molar-refractivity contribution in [1.82, 2.24) is 14.8 Å². The van der Waals surface area contributed by atoms with E-state index in [2.05, 4.69) is 15.5 Å². The number of rotatable bonds is 8. The average molecular weight is 579 g/mol. The van der Waals surface area contributed by atoms with Crippen molar-refractivity contribution in [3.63, 3.8) is 0 Å². The van der Waals surface area contributed by atoms with Crippen LogP contribution in [0.15, 0.2) is 71.2 Å². The van der Waals surface area contributed by atoms with Crippen LogP contribution in [0.1, 0.15) is 29.2 Å². The maximum absolute atomic E-state index is 13.6. The second-order valence-electron chi connectivity index (χ2n) is 8.62. The lowest BCUT2D eigenvalue weighted by molar-refractivity contribution is -0.137. The Hall–Kier alpha value is -2.86. The molecule has 3 heterocycles. The molecule has 0 spiro atoms. The normalized spacial score (nSPS) is 16.5. The van der Waals surface area contributed by atoms with E-state index in [-0.39, 0.29) is 16.8 Å². The van der Waals surface area contributed by atoms with Crippen molar-refractivity contribution in [1.29, 1.82) is 0 Å². The molecular formula is C26H22ClF3N4O2S2. The molecule has 5 rings (SSSR count). The van der Waals surface area contributed by atoms with Crippen LogP contribution in [0.25, 0.3) is 10.7 Å². The quantitative estimate of drug-likeness (QED) is 0.222. The molecule has 198 valence electrons. The SMILES string of the molecule is O=C(Nc1cc(C(F)(F)F)ccc1Cl)[C@H](Sc1nnc(-c2cccs2)n1C[C@H]1CCCO1)c1ccccc1. The van der Waals surface area contributed by atoms with Crippen LogP contribution in [0.3, 0.4) is 0 Å². The smallest absolute Gasteiger partial charge is 0.376 e. The zero-order valence-corrected chi connectivity index (χ0v) is 22.2. The van der Waals surface area contributed by atoms with Crippen LogP contribution < -0.4 is 5.32 Å². The molecule has 2 aromatic carbocycles. The summed E-state index contributed by atoms with van der Waals surface area (Å²) in [4.78, 5) is 14.5. The predicted molar refractivity (Wildman–Crippen MR) is 142 cm³/mol. The van der Waals surface area contributed by atoms with E-state index < -0.39 is 22.9 Å². The highest BCUT2D eigenvalue weighted by Crippen LogP contribution is 2.39. The molecule has 1 aliphatic rings. The Morgan fingerprint density at radius 2 is 2.00 bits per heavy atom. The highest BCUT2D eigenvalue weighted by atomic mass is 35.5. The van der Waals surface area contributed by atoms with Gasteiger partial charge in [0.05, 0.1) is 33.8 Å². The minimum absolute atomic E-state index is 0.00280. The van der Waals surface area contributed by atoms with E-state index in [0.29, 0.717) is 29.7 Å². The number of hydrogen-bond donors (Lipinski definition) is 1. The summed E-state index contributed by atoms with van der Waals surface area (Å²) >= 11 is 8.86. The first kappa shape index (κ1) is 26.7. The van der Waals surface area contributed by atoms with Crippen molar-refractivity contribution in [2.24, 2.45) is 0 Å². The van der Waals surface area contributed by atoms with Crippen molar-refractivity contribution in [3.8, 4) is 10.7 Å². The number of nitrogens with one attached hydrogen (secondary N) is 1. The first-order valence-electron chi connectivity index (χ1n) is 11.8. The summed E-state index contributed by atoms with van der Waals surface area (Å²) in [5.74, 6) is 0.137. The van der Waals surface area contributed by atoms with Crippen molar-refractivity contribution >= 4 is 46.3 Å². The molecule has 6 nitrogen and oxygen atoms in total. The summed E-state index contributed by atoms with van der Waals surface area (Å²) in [6, 6.07) is 15.7. The van der Waals surface area contributed by atoms with Crippen molar-refractivity contribution in [2.75, 3.05) is 11.9 Å². The van der Waals surface area contributed by atoms with Crippen molar-refractivity contribution in [2.45, 2.75) is 42.1 Å². The molecule has 0 saturated carbocycles. The van der Waals surface area contributed by atoms with Gasteiger partial charge in [0.2, 0.25) is 5.91 Å². The number of carbonyl (C=O) groups excluding carboxylic acids is 1. The van der Waals surface area contributed by atoms with Gasteiger partial charge in [0.15, 0.2) is 11.0 Å². The van der Waals surface area contributed by atoms with Gasteiger partial charge in [-0.3, -0.25) is 9.36 Å². The second kappa shape index (κ2) is 11.5. The highest BCUT2D eigenvalue weighted by Gasteiger charge is 2.32. The van der Waals surface area contributed by atoms with Gasteiger partial charge >= 0.3 is 6.18 Å². The molecule has 38 heavy (non-hydrogen) atoms. The number of ether oxygens (including phenoxy) is 1. The van der Waals surface area contributed by atoms with Gasteiger partial charge in [-0.1, -0.05) is 59.8 Å². The van der Waals surface area contributed by atoms with Crippen molar-refractivity contribution in [3.05, 3.63) is 82.2 Å². The number of halogens is 4. The van der Waals surface area contributed by atoms with Gasteiger partial charge in [-0.2, -0.15) is 13.2 Å². The Bertz CT molecular complexity index is 1390. The number of alkyl halides is 3. The highest BCUT2D eigenvalue weighted by molar-refractivity contribution is 8.00. The summed E-state index contributed by atoms with van der Waals surface area (Å²) in [6.45, 7) is 1.21. The molecule has 2 atom stereocenters. The number of thioether (sulfide) groups is 1. The van der Waals surface area contributed by atoms with Crippen LogP contribution in [0, 0.1) is 0 Å². The number of hydrogen-bond acceptors (Lipinski definition) is 6. The lowest BCUT2D eigenvalue weighted by atomic mass is 10.1. The number of anilines is 1. The molecule has 2 aromatic heterocycles. The molecule has 1 aliphatic heterocycles. The number of thiophene rings is 1. The number of aromatic nitrogens is 3. The minimum atomic E-state index is -4.57. The fraction of sp³-hybridized carbons (Fsp3) is 0.269. The lowest BCUT2D eigenvalue weighted by Gasteiger charge is -2.19. The molecule has 0 bridgehead atoms. The molecule has 4 aromatic rings. The minimum Gasteiger partial charge on any atom is -0.376 e. The standard InChI is InChI=1S/C26H22ClF3N4O2S2/c27-19-11-10-17(26(28,29)30)14-20(19)31-24(35)22(16-6-2-1-3-7-16)38-25-33-32-23(21-9-5-13-37-21)34(25)15-18-8-4-12-36-18/h1-3,5-7,9-11,13-14,18,22H,4,8,12,15H2,(H,31,35)/t18-,22-/m1/s1. The van der Waals surface area contributed by atoms with Gasteiger partial charge in [0.25, 0.3) is 0 Å². The third-order valence-electron chi connectivity index (χ3n) is 5.98. The van der Waals surface area contributed by atoms with Crippen LogP contribution >= 0.6 is 34.7 Å². The molecule has 0 radical (unpaired) electrons. The van der Waals surface area contributed by atoms with Crippen LogP contribution in [0.2, 0.25) is 5.02 Å². The third-order valence-corrected chi connectivity index (χ3v) is 8.41. The number of nitrogens with zero attached hydrogens (tertiary/aromatic N) is 3. The van der Waals surface area contributed by atoms with Crippen molar-refractivity contribution < 1.29 is 22.7 Å². The van der Waals surface area contributed by atoms with E-state index in [1.54, 1.807) is 24.3 Å². The van der Waals surface area contributed by atoms with Crippen LogP contribution in [-0.2, 0) is 22.3 Å². The Labute approximate surface area is 230 Å². The fourth-order valence-electron chi connectivity index (χ4n) is 4.12. The monoisotopic (exact) mass is 578 g/mol. The topological polar surface area (TPSA) is 69.0 Å². The molecule has 0 unspecified atom stereocenters. The van der Waals surface area contributed by atoms with E-state index in [4.69, 9.17) is 16.3 Å². The molecule has 1 N–H and O–H groups in total. The van der Waals surface area contributed by atoms with E-state index in [1.165, 1.54) is 23.1 Å². The zero-order chi connectivity index (χ0) is 26.7. The largest absolute Gasteiger partial charge is 0.416 e. The Morgan fingerprint density at radius 1 is 1.18 bits per heavy atom. The maximum atomic E-state index is 13.6. The first-order chi connectivity index (χ1) is 18.3. The Morgan fingerprint density at radius 3 is 2.68 bits per heavy atom. The summed E-state index contributed by atoms with van der Waals surface area (Å²) in [5.41, 5.74) is -0.367. The van der Waals surface area contributed by atoms with Gasteiger partial charge in [0, 0.05) is 6.61 Å². The van der Waals surface area contributed by atoms with E-state index >= 15 is 0 Å². The third kappa shape index (κ3) is 6.06. The summed E-state index contributed by atoms with van der Waals surface area (Å²) in [5, 5.41) is 13.0. The van der Waals surface area contributed by atoms with Gasteiger partial charge in [-0.05, 0) is 48.1 Å². The number of carbonyl (C=O) groups is 1. The molecule has 0 aliphatic carbocycles. The summed E-state index contributed by atoms with van der Waals surface area (Å²) in [7, 11) is 0. The van der Waals surface area contributed by atoms with Crippen LogP contribution in [0.4, 0.5) is 18.9 Å². The first-order valence-corrected chi connectivity index (χ1v) is 13.9. The van der Waals surface area contributed by atoms with E-state index in [0.717, 1.165) is 35.9 Å². The molecular weight excluding hydrogens is 557 g/mol. The fourth-order valence-corrected chi connectivity index (χ4v) is 6.05. The molecule has 12 heteroatoms. The van der Waals surface area contributed by atoms with Gasteiger partial charge in [0.1, 0.15) is 5.25 Å². The molecule has 1 saturated heterocycles. The number of benzene rings is 2. The summed E-state index contributed by atoms with van der Waals surface area (Å²) < 4.78 is 47.7. The van der Waals surface area contributed by atoms with Gasteiger partial charge in [-0.15, -0.1) is 21.5 Å². The van der Waals surface area contributed by atoms with E-state index in [1.807, 2.05) is 28.1 Å². The zero-order valence-electron chi connectivity index (χ0n) is 19.8. The summed E-state index contributed by atoms with van der Waals surface area (Å²) in [6.07, 6.45) is -2.70. The molecule has 1 amide bonds. The van der Waals surface area contributed by atoms with Crippen LogP contribution in [0.5, 0.6) is 0 Å². The Kier molecular flexibility index (Phi) is 8.08. The predicted octanol–water partition coefficient (Wildman–Crippen LogP) is 7.33. The molecule has 1 fully saturated rings. The average Bonchev–Trinajstić information content (AvgIpc) is 3.67. The number of amides is 1. The second-order valence-corrected chi connectivity index (χ2v) is 11.0. The van der Waals surface area contributed by atoms with E-state index in [9.17, 15) is 18.0 Å². The van der Waals surface area contributed by atoms with Gasteiger partial charge in [-0.25, -0.2) is 0 Å².